The van der Waals surface area contributed by atoms with Crippen molar-refractivity contribution < 1.29 is 84.6 Å². The van der Waals surface area contributed by atoms with Gasteiger partial charge in [-0.05, 0) is 72.8 Å². The number of nitrogens with one attached hydrogen (secondary N) is 1. The van der Waals surface area contributed by atoms with Crippen LogP contribution >= 0.6 is 23.7 Å². The summed E-state index contributed by atoms with van der Waals surface area (Å²) in [6.07, 6.45) is 1.76. The predicted molar refractivity (Wildman–Crippen MR) is 306 cm³/mol. The van der Waals surface area contributed by atoms with E-state index in [2.05, 4.69) is 41.3 Å². The molecule has 1 amide bonds. The molecule has 30 nitrogen and oxygen atoms in total. The first-order valence-electron chi connectivity index (χ1n) is 26.5. The highest BCUT2D eigenvalue weighted by molar-refractivity contribution is 7.57. The Morgan fingerprint density at radius 1 is 0.788 bits per heavy atom. The van der Waals surface area contributed by atoms with Crippen LogP contribution < -0.4 is 11.1 Å². The maximum atomic E-state index is 14.2. The molecule has 85 heavy (non-hydrogen) atoms. The number of amides is 1. The molecule has 2 aliphatic heterocycles. The van der Waals surface area contributed by atoms with Gasteiger partial charge in [-0.2, -0.15) is 5.26 Å². The topological polar surface area (TPSA) is 380 Å². The van der Waals surface area contributed by atoms with E-state index in [9.17, 15) is 28.8 Å². The van der Waals surface area contributed by atoms with E-state index in [1.165, 1.54) is 58.8 Å². The van der Waals surface area contributed by atoms with Crippen molar-refractivity contribution in [2.45, 2.75) is 130 Å². The second-order valence-electron chi connectivity index (χ2n) is 20.8. The summed E-state index contributed by atoms with van der Waals surface area (Å²) >= 11 is 0. The maximum absolute atomic E-state index is 14.2. The highest BCUT2D eigenvalue weighted by atomic mass is 31.2. The number of ether oxygens (including phenoxy) is 7. The maximum Gasteiger partial charge on any atom is 0.359 e. The Morgan fingerprint density at radius 3 is 1.88 bits per heavy atom. The third-order valence-corrected chi connectivity index (χ3v) is 16.7. The van der Waals surface area contributed by atoms with Crippen molar-refractivity contribution >= 4 is 75.5 Å². The number of nitriles is 1. The number of carbonyl (C=O) groups is 3. The van der Waals surface area contributed by atoms with E-state index in [-0.39, 0.29) is 47.9 Å². The zero-order valence-electron chi connectivity index (χ0n) is 49.0. The number of esters is 2. The van der Waals surface area contributed by atoms with Crippen molar-refractivity contribution in [3.05, 3.63) is 85.0 Å². The summed E-state index contributed by atoms with van der Waals surface area (Å²) in [5.41, 5.74) is 6.74. The summed E-state index contributed by atoms with van der Waals surface area (Å²) in [5.74, 6) is 0.154. The number of aromatic nitrogens is 8. The van der Waals surface area contributed by atoms with Crippen LogP contribution in [0.15, 0.2) is 79.4 Å². The number of nitrogen functional groups attached to an aromatic ring is 1. The number of fused-ring (bicyclic) bond motifs is 2. The third-order valence-electron chi connectivity index (χ3n) is 12.6. The fourth-order valence-electron chi connectivity index (χ4n) is 8.54. The SMILES string of the molecule is CO[C@@H]1[C@H](OC)[C@@H](/C=C/P(=O)(O)O)O[C@H]1n1cnc2c(N)ncnc21.CO[C@@H]1[C@H](OP(OCCC#N)N(C(C)C)C(C)C)[C@@H](/C=C/P(=O)(OCOC(=O)C(C)C)OCOC(=O)C(C)(C)C)O[C@H]1n1cnc2c(NC(=O)c3ccccc3)ncnc21. The minimum absolute atomic E-state index is 0.0588. The Hall–Kier alpha value is -6.09. The molecule has 10 atom stereocenters. The van der Waals surface area contributed by atoms with Crippen molar-refractivity contribution in [1.82, 2.24) is 43.7 Å². The molecule has 0 radical (unpaired) electrons. The number of anilines is 2. The number of hydrogen-bond acceptors (Lipinski definition) is 25. The van der Waals surface area contributed by atoms with E-state index in [1.54, 1.807) is 74.1 Å². The van der Waals surface area contributed by atoms with Crippen LogP contribution in [0.25, 0.3) is 22.3 Å². The Labute approximate surface area is 492 Å². The molecule has 1 aromatic carbocycles. The van der Waals surface area contributed by atoms with E-state index in [0.29, 0.717) is 16.7 Å². The minimum atomic E-state index is -4.36. The van der Waals surface area contributed by atoms with E-state index < -0.39 is 116 Å². The molecule has 5 aromatic rings. The highest BCUT2D eigenvalue weighted by Gasteiger charge is 2.50. The van der Waals surface area contributed by atoms with Crippen LogP contribution in [-0.2, 0) is 70.0 Å². The van der Waals surface area contributed by atoms with Gasteiger partial charge < -0.3 is 63.0 Å². The minimum Gasteiger partial charge on any atom is -0.438 e. The van der Waals surface area contributed by atoms with E-state index in [1.807, 2.05) is 32.4 Å². The van der Waals surface area contributed by atoms with Gasteiger partial charge in [-0.15, -0.1) is 0 Å². The Bertz CT molecular complexity index is 3230. The largest absolute Gasteiger partial charge is 0.438 e. The molecule has 0 spiro atoms. The molecule has 464 valence electrons. The van der Waals surface area contributed by atoms with Crippen molar-refractivity contribution in [2.24, 2.45) is 11.3 Å². The Morgan fingerprint density at radius 2 is 1.33 bits per heavy atom. The Balaban J connectivity index is 0.000000382. The number of benzene rings is 1. The summed E-state index contributed by atoms with van der Waals surface area (Å²) in [6, 6.07) is 10.6. The number of rotatable bonds is 26. The zero-order chi connectivity index (χ0) is 62.4. The molecule has 2 unspecified atom stereocenters. The van der Waals surface area contributed by atoms with Crippen LogP contribution in [-0.4, -0.2) is 162 Å². The molecular weight excluding hydrogens is 1170 g/mol. The lowest BCUT2D eigenvalue weighted by molar-refractivity contribution is -0.160. The monoisotopic (exact) mass is 1250 g/mol. The lowest BCUT2D eigenvalue weighted by Gasteiger charge is -2.38. The third kappa shape index (κ3) is 17.8. The van der Waals surface area contributed by atoms with Gasteiger partial charge in [-0.1, -0.05) is 32.0 Å². The molecule has 2 aliphatic rings. The van der Waals surface area contributed by atoms with Gasteiger partial charge in [-0.3, -0.25) is 41.7 Å². The molecule has 2 fully saturated rings. The molecule has 6 heterocycles. The fraction of sp³-hybridized carbons (Fsp3) is 0.538. The summed E-state index contributed by atoms with van der Waals surface area (Å²) < 4.78 is 94.5. The summed E-state index contributed by atoms with van der Waals surface area (Å²) in [7, 11) is -6.13. The molecule has 5 N–H and O–H groups in total. The second-order valence-corrected chi connectivity index (χ2v) is 25.5. The molecule has 33 heteroatoms. The normalized spacial score (nSPS) is 22.1. The summed E-state index contributed by atoms with van der Waals surface area (Å²) in [4.78, 5) is 81.3. The number of nitrogens with zero attached hydrogens (tertiary/aromatic N) is 10. The first-order chi connectivity index (χ1) is 40.3. The van der Waals surface area contributed by atoms with Gasteiger partial charge in [0.25, 0.3) is 14.4 Å². The number of imidazole rings is 2. The van der Waals surface area contributed by atoms with Gasteiger partial charge in [0, 0.05) is 50.6 Å². The quantitative estimate of drug-likeness (QED) is 0.0185. The van der Waals surface area contributed by atoms with Gasteiger partial charge in [0.15, 0.2) is 40.9 Å². The van der Waals surface area contributed by atoms with Gasteiger partial charge in [0.1, 0.15) is 54.8 Å². The predicted octanol–water partition coefficient (Wildman–Crippen LogP) is 7.12. The molecular formula is C52H73N12O18P3. The molecule has 4 aromatic heterocycles. The van der Waals surface area contributed by atoms with Gasteiger partial charge >= 0.3 is 27.1 Å². The average molecular weight is 1250 g/mol. The van der Waals surface area contributed by atoms with E-state index >= 15 is 0 Å². The van der Waals surface area contributed by atoms with Gasteiger partial charge in [-0.25, -0.2) is 34.6 Å². The first kappa shape index (κ1) is 68.0. The van der Waals surface area contributed by atoms with Crippen LogP contribution in [0.4, 0.5) is 11.6 Å². The highest BCUT2D eigenvalue weighted by Crippen LogP contribution is 2.53. The van der Waals surface area contributed by atoms with Gasteiger partial charge in [0.2, 0.25) is 13.6 Å². The van der Waals surface area contributed by atoms with Crippen molar-refractivity contribution in [3.63, 3.8) is 0 Å². The number of methoxy groups -OCH3 is 3. The van der Waals surface area contributed by atoms with Gasteiger partial charge in [0.05, 0.1) is 43.1 Å². The standard InChI is InChI=1S/C39H55N7O12P2.C13H18N5O6P/c1-25(2)37(48)52-23-55-60(50,56-24-53-38(49)39(7,8)9)20-17-29-31(58-59(54-19-14-18-40)46(26(3)4)27(5)6)32(51-10)36(57-29)45-22-43-30-33(41-21-42-34(30)45)44-35(47)28-15-12-11-13-16-28;1-22-9-7(3-4-25(19,20)21)24-13(10(9)23-2)18-6-17-8-11(14)15-5-16-12(8)18/h11-13,15-17,20-22,25-27,29,31-32,36H,14,19,23-24H2,1-10H3,(H,41,42,44,47);3-7,9-10,13H,1-2H3,(H2,14,15,16)(H2,19,20,21)/b20-17+;4-3+/t29-,31-,32-,36-,59?,60?;7-,9-,10-,13-/m11/s1. The summed E-state index contributed by atoms with van der Waals surface area (Å²) in [5, 5.41) is 12.1. The molecule has 0 saturated carbocycles. The smallest absolute Gasteiger partial charge is 0.359 e. The lowest BCUT2D eigenvalue weighted by atomic mass is 9.98. The van der Waals surface area contributed by atoms with E-state index in [0.717, 1.165) is 11.6 Å². The van der Waals surface area contributed by atoms with Crippen molar-refractivity contribution in [2.75, 3.05) is 52.6 Å². The van der Waals surface area contributed by atoms with Crippen molar-refractivity contribution in [3.8, 4) is 6.07 Å². The molecule has 0 bridgehead atoms. The number of nitrogens with two attached hydrogens (primary N) is 1. The average Bonchev–Trinajstić information content (AvgIpc) is 1.88. The first-order valence-corrected chi connectivity index (χ1v) is 31.0. The second kappa shape index (κ2) is 30.5. The van der Waals surface area contributed by atoms with Crippen LogP contribution in [0.2, 0.25) is 0 Å². The Kier molecular flexibility index (Phi) is 24.4. The lowest BCUT2D eigenvalue weighted by Crippen LogP contribution is -2.39. The molecule has 7 rings (SSSR count). The number of carbonyl (C=O) groups excluding carboxylic acids is 3. The zero-order valence-corrected chi connectivity index (χ0v) is 51.7. The van der Waals surface area contributed by atoms with Crippen LogP contribution in [0.3, 0.4) is 0 Å². The fourth-order valence-corrected chi connectivity index (χ4v) is 11.7. The van der Waals surface area contributed by atoms with E-state index in [4.69, 9.17) is 66.8 Å². The van der Waals surface area contributed by atoms with Crippen molar-refractivity contribution in [1.29, 1.82) is 5.26 Å². The molecule has 0 aliphatic carbocycles. The van der Waals surface area contributed by atoms with Crippen LogP contribution in [0, 0.1) is 22.7 Å². The summed E-state index contributed by atoms with van der Waals surface area (Å²) in [6.45, 7) is 14.7. The van der Waals surface area contributed by atoms with Crippen LogP contribution in [0.5, 0.6) is 0 Å². The van der Waals surface area contributed by atoms with Crippen LogP contribution in [0.1, 0.15) is 91.5 Å². The molecule has 2 saturated heterocycles. The number of hydrogen-bond donors (Lipinski definition) is 4.